The third-order valence-electron chi connectivity index (χ3n) is 3.68. The fourth-order valence-electron chi connectivity index (χ4n) is 2.38. The zero-order chi connectivity index (χ0) is 15.1. The van der Waals surface area contributed by atoms with E-state index < -0.39 is 0 Å². The van der Waals surface area contributed by atoms with Crippen LogP contribution in [0, 0.1) is 0 Å². The van der Waals surface area contributed by atoms with Crippen molar-refractivity contribution in [3.05, 3.63) is 23.9 Å². The number of aromatic nitrogens is 1. The second-order valence-corrected chi connectivity index (χ2v) is 5.34. The molecule has 1 aromatic heterocycles. The number of nitrogens with zero attached hydrogens (tertiary/aromatic N) is 3. The SMILES string of the molecule is CCCNC(=O)CN1CCN(c2ccc(CN)cn2)CC1. The highest BCUT2D eigenvalue weighted by molar-refractivity contribution is 5.78. The molecule has 0 radical (unpaired) electrons. The molecule has 1 amide bonds. The van der Waals surface area contributed by atoms with Crippen LogP contribution in [0.25, 0.3) is 0 Å². The first-order chi connectivity index (χ1) is 10.2. The standard InChI is InChI=1S/C15H25N5O/c1-2-5-17-15(21)12-19-6-8-20(9-7-19)14-4-3-13(10-16)11-18-14/h3-4,11H,2,5-10,12,16H2,1H3,(H,17,21). The van der Waals surface area contributed by atoms with Crippen molar-refractivity contribution in [2.24, 2.45) is 5.73 Å². The number of nitrogens with two attached hydrogens (primary N) is 1. The fourth-order valence-corrected chi connectivity index (χ4v) is 2.38. The van der Waals surface area contributed by atoms with Crippen LogP contribution in [0.3, 0.4) is 0 Å². The third-order valence-corrected chi connectivity index (χ3v) is 3.68. The number of anilines is 1. The summed E-state index contributed by atoms with van der Waals surface area (Å²) >= 11 is 0. The maximum absolute atomic E-state index is 11.7. The number of rotatable bonds is 6. The average Bonchev–Trinajstić information content (AvgIpc) is 2.54. The molecule has 1 aromatic rings. The van der Waals surface area contributed by atoms with Crippen LogP contribution in [0.5, 0.6) is 0 Å². The van der Waals surface area contributed by atoms with Gasteiger partial charge in [0, 0.05) is 45.5 Å². The summed E-state index contributed by atoms with van der Waals surface area (Å²) in [6, 6.07) is 4.04. The lowest BCUT2D eigenvalue weighted by molar-refractivity contribution is -0.122. The van der Waals surface area contributed by atoms with Gasteiger partial charge in [0.25, 0.3) is 0 Å². The molecular formula is C15H25N5O. The molecule has 1 aliphatic heterocycles. The molecule has 0 aliphatic carbocycles. The Morgan fingerprint density at radius 2 is 2.10 bits per heavy atom. The van der Waals surface area contributed by atoms with Gasteiger partial charge in [0.15, 0.2) is 0 Å². The van der Waals surface area contributed by atoms with E-state index >= 15 is 0 Å². The van der Waals surface area contributed by atoms with Crippen LogP contribution in [0.15, 0.2) is 18.3 Å². The fraction of sp³-hybridized carbons (Fsp3) is 0.600. The van der Waals surface area contributed by atoms with Gasteiger partial charge in [-0.1, -0.05) is 13.0 Å². The number of carbonyl (C=O) groups excluding carboxylic acids is 1. The van der Waals surface area contributed by atoms with Crippen molar-refractivity contribution < 1.29 is 4.79 Å². The summed E-state index contributed by atoms with van der Waals surface area (Å²) in [7, 11) is 0. The minimum Gasteiger partial charge on any atom is -0.355 e. The maximum Gasteiger partial charge on any atom is 0.234 e. The van der Waals surface area contributed by atoms with Crippen LogP contribution in [0.4, 0.5) is 5.82 Å². The van der Waals surface area contributed by atoms with Crippen molar-refractivity contribution in [1.29, 1.82) is 0 Å². The van der Waals surface area contributed by atoms with Gasteiger partial charge in [0.05, 0.1) is 6.54 Å². The monoisotopic (exact) mass is 291 g/mol. The van der Waals surface area contributed by atoms with E-state index in [0.717, 1.165) is 50.5 Å². The molecule has 116 valence electrons. The first-order valence-corrected chi connectivity index (χ1v) is 7.62. The van der Waals surface area contributed by atoms with Crippen LogP contribution in [0.2, 0.25) is 0 Å². The van der Waals surface area contributed by atoms with Gasteiger partial charge in [-0.3, -0.25) is 9.69 Å². The number of piperazine rings is 1. The zero-order valence-electron chi connectivity index (χ0n) is 12.7. The summed E-state index contributed by atoms with van der Waals surface area (Å²) in [6.07, 6.45) is 2.81. The van der Waals surface area contributed by atoms with Crippen molar-refractivity contribution in [3.8, 4) is 0 Å². The molecule has 3 N–H and O–H groups in total. The van der Waals surface area contributed by atoms with Crippen LogP contribution in [-0.2, 0) is 11.3 Å². The molecule has 1 aliphatic rings. The van der Waals surface area contributed by atoms with Crippen molar-refractivity contribution in [2.75, 3.05) is 44.2 Å². The van der Waals surface area contributed by atoms with Crippen LogP contribution in [-0.4, -0.2) is 55.1 Å². The Morgan fingerprint density at radius 1 is 1.33 bits per heavy atom. The van der Waals surface area contributed by atoms with Crippen LogP contribution >= 0.6 is 0 Å². The van der Waals surface area contributed by atoms with Gasteiger partial charge >= 0.3 is 0 Å². The molecule has 6 heteroatoms. The van der Waals surface area contributed by atoms with Crippen LogP contribution < -0.4 is 16.0 Å². The van der Waals surface area contributed by atoms with E-state index in [1.54, 1.807) is 0 Å². The molecule has 0 spiro atoms. The van der Waals surface area contributed by atoms with Gasteiger partial charge in [-0.25, -0.2) is 4.98 Å². The Labute approximate surface area is 126 Å². The summed E-state index contributed by atoms with van der Waals surface area (Å²) in [4.78, 5) is 20.6. The van der Waals surface area contributed by atoms with Crippen molar-refractivity contribution in [1.82, 2.24) is 15.2 Å². The molecule has 0 atom stereocenters. The van der Waals surface area contributed by atoms with E-state index in [-0.39, 0.29) is 5.91 Å². The molecule has 2 heterocycles. The molecular weight excluding hydrogens is 266 g/mol. The number of hydrogen-bond donors (Lipinski definition) is 2. The van der Waals surface area contributed by atoms with Gasteiger partial charge in [0.2, 0.25) is 5.91 Å². The van der Waals surface area contributed by atoms with Gasteiger partial charge in [-0.2, -0.15) is 0 Å². The van der Waals surface area contributed by atoms with E-state index in [2.05, 4.69) is 27.0 Å². The number of amides is 1. The molecule has 1 saturated heterocycles. The van der Waals surface area contributed by atoms with Crippen molar-refractivity contribution in [2.45, 2.75) is 19.9 Å². The molecule has 0 aromatic carbocycles. The summed E-state index contributed by atoms with van der Waals surface area (Å²) in [5.41, 5.74) is 6.63. The predicted octanol–water partition coefficient (Wildman–Crippen LogP) is 0.189. The predicted molar refractivity (Wildman–Crippen MR) is 84.1 cm³/mol. The van der Waals surface area contributed by atoms with E-state index in [9.17, 15) is 4.79 Å². The lowest BCUT2D eigenvalue weighted by Crippen LogP contribution is -2.49. The van der Waals surface area contributed by atoms with Gasteiger partial charge < -0.3 is 16.0 Å². The Balaban J connectivity index is 1.78. The Morgan fingerprint density at radius 3 is 2.67 bits per heavy atom. The maximum atomic E-state index is 11.7. The normalized spacial score (nSPS) is 16.0. The largest absolute Gasteiger partial charge is 0.355 e. The highest BCUT2D eigenvalue weighted by Gasteiger charge is 2.19. The minimum atomic E-state index is 0.121. The summed E-state index contributed by atoms with van der Waals surface area (Å²) in [5, 5.41) is 2.92. The summed E-state index contributed by atoms with van der Waals surface area (Å²) < 4.78 is 0. The van der Waals surface area contributed by atoms with E-state index in [4.69, 9.17) is 5.73 Å². The van der Waals surface area contributed by atoms with E-state index in [0.29, 0.717) is 13.1 Å². The number of nitrogens with one attached hydrogen (secondary N) is 1. The Bertz CT molecular complexity index is 440. The lowest BCUT2D eigenvalue weighted by Gasteiger charge is -2.35. The molecule has 0 bridgehead atoms. The second kappa shape index (κ2) is 7.95. The molecule has 0 unspecified atom stereocenters. The molecule has 21 heavy (non-hydrogen) atoms. The number of carbonyl (C=O) groups is 1. The van der Waals surface area contributed by atoms with Gasteiger partial charge in [0.1, 0.15) is 5.82 Å². The average molecular weight is 291 g/mol. The first-order valence-electron chi connectivity index (χ1n) is 7.62. The number of hydrogen-bond acceptors (Lipinski definition) is 5. The third kappa shape index (κ3) is 4.68. The zero-order valence-corrected chi connectivity index (χ0v) is 12.7. The topological polar surface area (TPSA) is 74.5 Å². The van der Waals surface area contributed by atoms with Gasteiger partial charge in [-0.05, 0) is 18.1 Å². The van der Waals surface area contributed by atoms with E-state index in [1.165, 1.54) is 0 Å². The van der Waals surface area contributed by atoms with Crippen molar-refractivity contribution in [3.63, 3.8) is 0 Å². The molecule has 1 fully saturated rings. The highest BCUT2D eigenvalue weighted by Crippen LogP contribution is 2.13. The second-order valence-electron chi connectivity index (χ2n) is 5.34. The Hall–Kier alpha value is -1.66. The molecule has 6 nitrogen and oxygen atoms in total. The summed E-state index contributed by atoms with van der Waals surface area (Å²) in [6.45, 7) is 7.41. The number of pyridine rings is 1. The minimum absolute atomic E-state index is 0.121. The quantitative estimate of drug-likeness (QED) is 0.782. The first kappa shape index (κ1) is 15.7. The smallest absolute Gasteiger partial charge is 0.234 e. The summed E-state index contributed by atoms with van der Waals surface area (Å²) in [5.74, 6) is 1.11. The van der Waals surface area contributed by atoms with Crippen molar-refractivity contribution >= 4 is 11.7 Å². The van der Waals surface area contributed by atoms with E-state index in [1.807, 2.05) is 18.3 Å². The highest BCUT2D eigenvalue weighted by atomic mass is 16.2. The van der Waals surface area contributed by atoms with Crippen LogP contribution in [0.1, 0.15) is 18.9 Å². The lowest BCUT2D eigenvalue weighted by atomic mass is 10.2. The van der Waals surface area contributed by atoms with Gasteiger partial charge in [-0.15, -0.1) is 0 Å². The molecule has 0 saturated carbocycles. The Kier molecular flexibility index (Phi) is 5.95. The molecule has 2 rings (SSSR count).